The summed E-state index contributed by atoms with van der Waals surface area (Å²) < 4.78 is 34.5. The Morgan fingerprint density at radius 2 is 2.00 bits per heavy atom. The summed E-state index contributed by atoms with van der Waals surface area (Å²) in [6.07, 6.45) is -5.96. The van der Waals surface area contributed by atoms with Crippen LogP contribution in [0.25, 0.3) is 0 Å². The first kappa shape index (κ1) is 10.2. The molecule has 0 spiro atoms. The fourth-order valence-electron chi connectivity index (χ4n) is 0.385. The summed E-state index contributed by atoms with van der Waals surface area (Å²) in [4.78, 5) is 14.7. The molecule has 0 saturated heterocycles. The SMILES string of the molecule is CON(C)C(=O)CC(F)(F)F. The maximum atomic E-state index is 11.5. The third kappa shape index (κ3) is 4.60. The molecule has 0 N–H and O–H groups in total. The minimum Gasteiger partial charge on any atom is -0.275 e. The molecule has 0 fully saturated rings. The van der Waals surface area contributed by atoms with Gasteiger partial charge in [-0.1, -0.05) is 0 Å². The average molecular weight is 171 g/mol. The molecule has 0 aliphatic heterocycles. The van der Waals surface area contributed by atoms with Crippen LogP contribution in [0.15, 0.2) is 0 Å². The summed E-state index contributed by atoms with van der Waals surface area (Å²) in [5.41, 5.74) is 0. The van der Waals surface area contributed by atoms with Crippen molar-refractivity contribution in [3.05, 3.63) is 0 Å². The Morgan fingerprint density at radius 3 is 2.27 bits per heavy atom. The van der Waals surface area contributed by atoms with Crippen molar-refractivity contribution in [1.82, 2.24) is 5.06 Å². The third-order valence-electron chi connectivity index (χ3n) is 0.977. The van der Waals surface area contributed by atoms with E-state index in [1.807, 2.05) is 0 Å². The largest absolute Gasteiger partial charge is 0.397 e. The second-order valence-electron chi connectivity index (χ2n) is 1.87. The van der Waals surface area contributed by atoms with E-state index in [-0.39, 0.29) is 0 Å². The number of hydrogen-bond acceptors (Lipinski definition) is 2. The van der Waals surface area contributed by atoms with Gasteiger partial charge in [-0.05, 0) is 0 Å². The van der Waals surface area contributed by atoms with E-state index in [1.165, 1.54) is 0 Å². The van der Waals surface area contributed by atoms with Crippen LogP contribution in [-0.2, 0) is 9.63 Å². The Morgan fingerprint density at radius 1 is 1.55 bits per heavy atom. The molecule has 0 aromatic rings. The molecule has 11 heavy (non-hydrogen) atoms. The quantitative estimate of drug-likeness (QED) is 0.579. The summed E-state index contributed by atoms with van der Waals surface area (Å²) in [7, 11) is 2.24. The molecule has 1 amide bonds. The van der Waals surface area contributed by atoms with Crippen LogP contribution in [0.1, 0.15) is 6.42 Å². The second-order valence-corrected chi connectivity index (χ2v) is 1.87. The predicted octanol–water partition coefficient (Wildman–Crippen LogP) is 0.959. The first-order chi connectivity index (χ1) is 4.87. The fourth-order valence-corrected chi connectivity index (χ4v) is 0.385. The lowest BCUT2D eigenvalue weighted by Crippen LogP contribution is -2.29. The summed E-state index contributed by atoms with van der Waals surface area (Å²) in [5.74, 6) is -1.11. The Balaban J connectivity index is 3.88. The number of carbonyl (C=O) groups is 1. The van der Waals surface area contributed by atoms with Gasteiger partial charge in [-0.3, -0.25) is 9.63 Å². The molecule has 0 aromatic carbocycles. The molecule has 3 nitrogen and oxygen atoms in total. The van der Waals surface area contributed by atoms with E-state index < -0.39 is 18.5 Å². The maximum absolute atomic E-state index is 11.5. The van der Waals surface area contributed by atoms with Crippen molar-refractivity contribution in [2.75, 3.05) is 14.2 Å². The molecule has 0 heterocycles. The summed E-state index contributed by atoms with van der Waals surface area (Å²) in [6.45, 7) is 0. The number of hydrogen-bond donors (Lipinski definition) is 0. The minimum atomic E-state index is -4.47. The fraction of sp³-hybridized carbons (Fsp3) is 0.800. The number of amides is 1. The average Bonchev–Trinajstić information content (AvgIpc) is 1.82. The zero-order valence-electron chi connectivity index (χ0n) is 6.10. The molecule has 0 rings (SSSR count). The number of alkyl halides is 3. The van der Waals surface area contributed by atoms with Crippen LogP contribution in [0.4, 0.5) is 13.2 Å². The number of rotatable bonds is 2. The van der Waals surface area contributed by atoms with Crippen molar-refractivity contribution in [2.45, 2.75) is 12.6 Å². The standard InChI is InChI=1S/C5H8F3NO2/c1-9(11-2)4(10)3-5(6,7)8/h3H2,1-2H3. The normalized spacial score (nSPS) is 11.4. The maximum Gasteiger partial charge on any atom is 0.397 e. The first-order valence-corrected chi connectivity index (χ1v) is 2.74. The van der Waals surface area contributed by atoms with Gasteiger partial charge in [0, 0.05) is 7.05 Å². The van der Waals surface area contributed by atoms with Crippen molar-refractivity contribution in [2.24, 2.45) is 0 Å². The summed E-state index contributed by atoms with van der Waals surface area (Å²) >= 11 is 0. The summed E-state index contributed by atoms with van der Waals surface area (Å²) in [5, 5.41) is 0.535. The lowest BCUT2D eigenvalue weighted by molar-refractivity contribution is -0.189. The smallest absolute Gasteiger partial charge is 0.275 e. The topological polar surface area (TPSA) is 29.5 Å². The van der Waals surface area contributed by atoms with Gasteiger partial charge in [-0.2, -0.15) is 13.2 Å². The number of carbonyl (C=O) groups excluding carboxylic acids is 1. The van der Waals surface area contributed by atoms with Crippen molar-refractivity contribution >= 4 is 5.91 Å². The Bertz CT molecular complexity index is 145. The van der Waals surface area contributed by atoms with Gasteiger partial charge in [-0.15, -0.1) is 0 Å². The first-order valence-electron chi connectivity index (χ1n) is 2.74. The molecule has 0 saturated carbocycles. The van der Waals surface area contributed by atoms with E-state index >= 15 is 0 Å². The Kier molecular flexibility index (Phi) is 3.31. The van der Waals surface area contributed by atoms with Gasteiger partial charge in [0.2, 0.25) is 0 Å². The second kappa shape index (κ2) is 3.56. The van der Waals surface area contributed by atoms with Gasteiger partial charge in [-0.25, -0.2) is 5.06 Å². The highest BCUT2D eigenvalue weighted by molar-refractivity contribution is 5.75. The van der Waals surface area contributed by atoms with Gasteiger partial charge >= 0.3 is 6.18 Å². The number of nitrogens with zero attached hydrogens (tertiary/aromatic N) is 1. The number of hydroxylamine groups is 2. The van der Waals surface area contributed by atoms with E-state index in [4.69, 9.17) is 0 Å². The molecular formula is C5H8F3NO2. The van der Waals surface area contributed by atoms with Gasteiger partial charge < -0.3 is 0 Å². The highest BCUT2D eigenvalue weighted by Crippen LogP contribution is 2.20. The van der Waals surface area contributed by atoms with Crippen LogP contribution < -0.4 is 0 Å². The van der Waals surface area contributed by atoms with E-state index in [1.54, 1.807) is 0 Å². The third-order valence-corrected chi connectivity index (χ3v) is 0.977. The molecule has 0 aliphatic carbocycles. The lowest BCUT2D eigenvalue weighted by Gasteiger charge is -2.14. The van der Waals surface area contributed by atoms with Crippen LogP contribution in [0.5, 0.6) is 0 Å². The minimum absolute atomic E-state index is 0.535. The van der Waals surface area contributed by atoms with Gasteiger partial charge in [0.15, 0.2) is 0 Å². The van der Waals surface area contributed by atoms with Crippen LogP contribution >= 0.6 is 0 Å². The molecule has 0 radical (unpaired) electrons. The molecule has 0 unspecified atom stereocenters. The highest BCUT2D eigenvalue weighted by Gasteiger charge is 2.32. The molecule has 66 valence electrons. The van der Waals surface area contributed by atoms with Crippen molar-refractivity contribution < 1.29 is 22.8 Å². The zero-order chi connectivity index (χ0) is 9.07. The Labute approximate surface area is 61.7 Å². The van der Waals surface area contributed by atoms with Crippen LogP contribution in [-0.4, -0.2) is 31.3 Å². The van der Waals surface area contributed by atoms with Gasteiger partial charge in [0.1, 0.15) is 6.42 Å². The van der Waals surface area contributed by atoms with Crippen LogP contribution in [0.3, 0.4) is 0 Å². The number of halogens is 3. The molecule has 6 heteroatoms. The van der Waals surface area contributed by atoms with Crippen LogP contribution in [0.2, 0.25) is 0 Å². The van der Waals surface area contributed by atoms with E-state index in [0.717, 1.165) is 14.2 Å². The van der Waals surface area contributed by atoms with Crippen molar-refractivity contribution in [3.8, 4) is 0 Å². The van der Waals surface area contributed by atoms with E-state index in [2.05, 4.69) is 4.84 Å². The van der Waals surface area contributed by atoms with Gasteiger partial charge in [0.25, 0.3) is 5.91 Å². The van der Waals surface area contributed by atoms with Gasteiger partial charge in [0.05, 0.1) is 7.11 Å². The van der Waals surface area contributed by atoms with Crippen molar-refractivity contribution in [3.63, 3.8) is 0 Å². The molecular weight excluding hydrogens is 163 g/mol. The summed E-state index contributed by atoms with van der Waals surface area (Å²) in [6, 6.07) is 0. The predicted molar refractivity (Wildman–Crippen MR) is 30.5 cm³/mol. The molecule has 0 aromatic heterocycles. The highest BCUT2D eigenvalue weighted by atomic mass is 19.4. The van der Waals surface area contributed by atoms with Crippen molar-refractivity contribution in [1.29, 1.82) is 0 Å². The Hall–Kier alpha value is -0.780. The molecule has 0 aliphatic rings. The monoisotopic (exact) mass is 171 g/mol. The van der Waals surface area contributed by atoms with Crippen LogP contribution in [0, 0.1) is 0 Å². The molecule has 0 bridgehead atoms. The van der Waals surface area contributed by atoms with E-state index in [0.29, 0.717) is 5.06 Å². The lowest BCUT2D eigenvalue weighted by atomic mass is 10.4. The molecule has 0 atom stereocenters. The zero-order valence-corrected chi connectivity index (χ0v) is 6.10. The van der Waals surface area contributed by atoms with E-state index in [9.17, 15) is 18.0 Å².